The van der Waals surface area contributed by atoms with Crippen LogP contribution in [0.25, 0.3) is 0 Å². The van der Waals surface area contributed by atoms with E-state index in [1.807, 2.05) is 0 Å². The van der Waals surface area contributed by atoms with Gasteiger partial charge in [-0.15, -0.1) is 0 Å². The predicted molar refractivity (Wildman–Crippen MR) is 50.9 cm³/mol. The van der Waals surface area contributed by atoms with Crippen molar-refractivity contribution in [3.05, 3.63) is 0 Å². The summed E-state index contributed by atoms with van der Waals surface area (Å²) in [4.78, 5) is 0. The Morgan fingerprint density at radius 2 is 1.83 bits per heavy atom. The molecule has 2 unspecified atom stereocenters. The largest absolute Gasteiger partial charge is 0.366 e. The molecular formula is C10H21NO. The maximum absolute atomic E-state index is 5.41. The summed E-state index contributed by atoms with van der Waals surface area (Å²) < 4.78 is 5.41. The van der Waals surface area contributed by atoms with Gasteiger partial charge in [0.2, 0.25) is 0 Å². The van der Waals surface area contributed by atoms with Crippen LogP contribution >= 0.6 is 0 Å². The topological polar surface area (TPSA) is 21.3 Å². The Kier molecular flexibility index (Phi) is 3.53. The molecule has 2 nitrogen and oxygen atoms in total. The van der Waals surface area contributed by atoms with Crippen LogP contribution in [-0.2, 0) is 4.74 Å². The molecule has 1 fully saturated rings. The van der Waals surface area contributed by atoms with E-state index in [4.69, 9.17) is 4.74 Å². The van der Waals surface area contributed by atoms with Gasteiger partial charge in [-0.25, -0.2) is 0 Å². The van der Waals surface area contributed by atoms with E-state index < -0.39 is 0 Å². The van der Waals surface area contributed by atoms with Crippen LogP contribution < -0.4 is 5.32 Å². The Balaban J connectivity index is 2.54. The van der Waals surface area contributed by atoms with Crippen molar-refractivity contribution in [2.75, 3.05) is 13.3 Å². The molecule has 0 saturated carbocycles. The molecule has 0 spiro atoms. The van der Waals surface area contributed by atoms with Gasteiger partial charge in [-0.2, -0.15) is 0 Å². The van der Waals surface area contributed by atoms with Gasteiger partial charge in [0.05, 0.1) is 13.3 Å². The van der Waals surface area contributed by atoms with Crippen molar-refractivity contribution in [1.29, 1.82) is 0 Å². The van der Waals surface area contributed by atoms with Gasteiger partial charge in [-0.3, -0.25) is 5.32 Å². The van der Waals surface area contributed by atoms with Crippen molar-refractivity contribution >= 4 is 0 Å². The second-order valence-electron chi connectivity index (χ2n) is 4.40. The zero-order chi connectivity index (χ0) is 9.14. The summed E-state index contributed by atoms with van der Waals surface area (Å²) in [6.07, 6.45) is 0. The third-order valence-electron chi connectivity index (χ3n) is 2.77. The molecule has 0 aromatic carbocycles. The van der Waals surface area contributed by atoms with E-state index in [1.165, 1.54) is 0 Å². The Morgan fingerprint density at radius 3 is 2.25 bits per heavy atom. The van der Waals surface area contributed by atoms with E-state index in [2.05, 4.69) is 33.0 Å². The fraction of sp³-hybridized carbons (Fsp3) is 1.00. The Bertz CT molecular complexity index is 118. The molecule has 0 amide bonds. The van der Waals surface area contributed by atoms with Crippen LogP contribution in [0.1, 0.15) is 27.7 Å². The van der Waals surface area contributed by atoms with Crippen molar-refractivity contribution in [2.45, 2.75) is 33.7 Å². The van der Waals surface area contributed by atoms with Crippen LogP contribution in [0.4, 0.5) is 0 Å². The lowest BCUT2D eigenvalue weighted by Gasteiger charge is -2.37. The molecule has 0 bridgehead atoms. The van der Waals surface area contributed by atoms with Gasteiger partial charge in [-0.05, 0) is 11.8 Å². The zero-order valence-corrected chi connectivity index (χ0v) is 8.63. The van der Waals surface area contributed by atoms with E-state index in [0.29, 0.717) is 23.8 Å². The number of ether oxygens (including phenoxy) is 1. The molecule has 1 aliphatic heterocycles. The highest BCUT2D eigenvalue weighted by Crippen LogP contribution is 2.23. The molecule has 0 aromatic heterocycles. The highest BCUT2D eigenvalue weighted by molar-refractivity contribution is 4.82. The van der Waals surface area contributed by atoms with E-state index in [0.717, 1.165) is 13.3 Å². The lowest BCUT2D eigenvalue weighted by molar-refractivity contribution is -0.0117. The lowest BCUT2D eigenvalue weighted by atomic mass is 9.83. The third-order valence-corrected chi connectivity index (χ3v) is 2.77. The van der Waals surface area contributed by atoms with E-state index in [-0.39, 0.29) is 0 Å². The standard InChI is InChI=1S/C10H21NO/c1-7(2)9-5-12-6-11-10(9)8(3)4/h7-11H,5-6H2,1-4H3. The first-order chi connectivity index (χ1) is 5.63. The fourth-order valence-corrected chi connectivity index (χ4v) is 1.94. The normalized spacial score (nSPS) is 31.5. The van der Waals surface area contributed by atoms with Crippen molar-refractivity contribution < 1.29 is 4.74 Å². The average molecular weight is 171 g/mol. The lowest BCUT2D eigenvalue weighted by Crippen LogP contribution is -2.49. The van der Waals surface area contributed by atoms with Crippen molar-refractivity contribution in [1.82, 2.24) is 5.32 Å². The first-order valence-corrected chi connectivity index (χ1v) is 4.94. The summed E-state index contributed by atoms with van der Waals surface area (Å²) in [5.74, 6) is 2.10. The van der Waals surface area contributed by atoms with Crippen molar-refractivity contribution in [3.8, 4) is 0 Å². The molecule has 1 saturated heterocycles. The monoisotopic (exact) mass is 171 g/mol. The number of hydrogen-bond acceptors (Lipinski definition) is 2. The zero-order valence-electron chi connectivity index (χ0n) is 8.63. The first-order valence-electron chi connectivity index (χ1n) is 4.94. The average Bonchev–Trinajstić information content (AvgIpc) is 2.04. The Labute approximate surface area is 75.7 Å². The molecule has 2 atom stereocenters. The molecule has 1 aliphatic rings. The van der Waals surface area contributed by atoms with Gasteiger partial charge in [0.25, 0.3) is 0 Å². The number of rotatable bonds is 2. The minimum Gasteiger partial charge on any atom is -0.366 e. The predicted octanol–water partition coefficient (Wildman–Crippen LogP) is 1.86. The van der Waals surface area contributed by atoms with Crippen LogP contribution in [0.15, 0.2) is 0 Å². The van der Waals surface area contributed by atoms with E-state index in [1.54, 1.807) is 0 Å². The second kappa shape index (κ2) is 4.24. The molecule has 0 aromatic rings. The van der Waals surface area contributed by atoms with Crippen LogP contribution in [0.5, 0.6) is 0 Å². The van der Waals surface area contributed by atoms with Crippen LogP contribution in [0.2, 0.25) is 0 Å². The smallest absolute Gasteiger partial charge is 0.0967 e. The minimum atomic E-state index is 0.638. The molecule has 72 valence electrons. The van der Waals surface area contributed by atoms with Gasteiger partial charge in [0.15, 0.2) is 0 Å². The summed E-state index contributed by atoms with van der Waals surface area (Å²) in [7, 11) is 0. The van der Waals surface area contributed by atoms with Gasteiger partial charge in [-0.1, -0.05) is 27.7 Å². The summed E-state index contributed by atoms with van der Waals surface area (Å²) in [6, 6.07) is 0.638. The molecule has 12 heavy (non-hydrogen) atoms. The van der Waals surface area contributed by atoms with E-state index in [9.17, 15) is 0 Å². The molecule has 2 heteroatoms. The first kappa shape index (κ1) is 10.0. The third kappa shape index (κ3) is 2.20. The minimum absolute atomic E-state index is 0.638. The molecule has 0 radical (unpaired) electrons. The molecule has 0 aliphatic carbocycles. The van der Waals surface area contributed by atoms with Gasteiger partial charge in [0.1, 0.15) is 0 Å². The summed E-state index contributed by atoms with van der Waals surface area (Å²) in [5.41, 5.74) is 0. The number of hydrogen-bond donors (Lipinski definition) is 1. The van der Waals surface area contributed by atoms with E-state index >= 15 is 0 Å². The summed E-state index contributed by atoms with van der Waals surface area (Å²) >= 11 is 0. The van der Waals surface area contributed by atoms with Crippen LogP contribution in [0, 0.1) is 17.8 Å². The van der Waals surface area contributed by atoms with Crippen molar-refractivity contribution in [2.24, 2.45) is 17.8 Å². The quantitative estimate of drug-likeness (QED) is 0.684. The molecule has 1 rings (SSSR count). The highest BCUT2D eigenvalue weighted by atomic mass is 16.5. The Morgan fingerprint density at radius 1 is 1.17 bits per heavy atom. The van der Waals surface area contributed by atoms with Gasteiger partial charge in [0, 0.05) is 12.0 Å². The highest BCUT2D eigenvalue weighted by Gasteiger charge is 2.29. The molecule has 1 N–H and O–H groups in total. The molecular weight excluding hydrogens is 150 g/mol. The summed E-state index contributed by atoms with van der Waals surface area (Å²) in [5, 5.41) is 3.43. The maximum Gasteiger partial charge on any atom is 0.0967 e. The van der Waals surface area contributed by atoms with Crippen molar-refractivity contribution in [3.63, 3.8) is 0 Å². The fourth-order valence-electron chi connectivity index (χ4n) is 1.94. The van der Waals surface area contributed by atoms with Crippen LogP contribution in [0.3, 0.4) is 0 Å². The maximum atomic E-state index is 5.41. The van der Waals surface area contributed by atoms with Gasteiger partial charge >= 0.3 is 0 Å². The molecule has 1 heterocycles. The summed E-state index contributed by atoms with van der Waals surface area (Å²) in [6.45, 7) is 10.8. The second-order valence-corrected chi connectivity index (χ2v) is 4.40. The Hall–Kier alpha value is -0.0800. The SMILES string of the molecule is CC(C)C1COCNC1C(C)C. The van der Waals surface area contributed by atoms with Gasteiger partial charge < -0.3 is 4.74 Å². The van der Waals surface area contributed by atoms with Crippen LogP contribution in [-0.4, -0.2) is 19.4 Å². The number of nitrogens with one attached hydrogen (secondary N) is 1.